The monoisotopic (exact) mass is 498 g/mol. The normalized spacial score (nSPS) is 13.9. The molecule has 1 aliphatic rings. The van der Waals surface area contributed by atoms with Crippen LogP contribution in [0.1, 0.15) is 81.4 Å². The first-order valence-corrected chi connectivity index (χ1v) is 13.9. The van der Waals surface area contributed by atoms with Gasteiger partial charge in [-0.2, -0.15) is 0 Å². The van der Waals surface area contributed by atoms with Crippen molar-refractivity contribution in [2.45, 2.75) is 84.7 Å². The summed E-state index contributed by atoms with van der Waals surface area (Å²) >= 11 is 0. The first-order valence-electron chi connectivity index (χ1n) is 13.9. The van der Waals surface area contributed by atoms with Gasteiger partial charge in [0.25, 0.3) is 0 Å². The molecule has 0 fully saturated rings. The van der Waals surface area contributed by atoms with Crippen molar-refractivity contribution in [2.24, 2.45) is 0 Å². The number of aryl methyl sites for hydroxylation is 3. The number of para-hydroxylation sites is 1. The molecule has 4 aromatic rings. The molecule has 6 heteroatoms. The van der Waals surface area contributed by atoms with Crippen molar-refractivity contribution in [1.82, 2.24) is 19.1 Å². The molecule has 0 radical (unpaired) electrons. The van der Waals surface area contributed by atoms with Gasteiger partial charge in [-0.1, -0.05) is 38.0 Å². The van der Waals surface area contributed by atoms with E-state index in [1.807, 2.05) is 18.2 Å². The van der Waals surface area contributed by atoms with Crippen LogP contribution < -0.4 is 0 Å². The van der Waals surface area contributed by atoms with Gasteiger partial charge in [-0.3, -0.25) is 0 Å². The minimum absolute atomic E-state index is 0.339. The molecular weight excluding hydrogens is 460 g/mol. The number of hydrogen-bond donors (Lipinski definition) is 0. The molecule has 37 heavy (non-hydrogen) atoms. The Kier molecular flexibility index (Phi) is 7.73. The predicted molar refractivity (Wildman–Crippen MR) is 150 cm³/mol. The number of nitrogens with zero attached hydrogens (tertiary/aromatic N) is 4. The lowest BCUT2D eigenvalue weighted by atomic mass is 9.97. The number of hydrogen-bond acceptors (Lipinski definition) is 4. The molecule has 0 saturated heterocycles. The molecule has 0 bridgehead atoms. The first-order chi connectivity index (χ1) is 18.1. The molecule has 194 valence electrons. The van der Waals surface area contributed by atoms with E-state index in [2.05, 4.69) is 47.3 Å². The second-order valence-electron chi connectivity index (χ2n) is 10.1. The number of rotatable bonds is 10. The third-order valence-electron chi connectivity index (χ3n) is 7.51. The number of esters is 1. The Balaban J connectivity index is 1.68. The topological polar surface area (TPSA) is 61.9 Å². The summed E-state index contributed by atoms with van der Waals surface area (Å²) in [7, 11) is 1.42. The van der Waals surface area contributed by atoms with Crippen molar-refractivity contribution in [3.05, 3.63) is 59.4 Å². The average Bonchev–Trinajstić information content (AvgIpc) is 3.48. The van der Waals surface area contributed by atoms with E-state index in [0.717, 1.165) is 79.0 Å². The Morgan fingerprint density at radius 3 is 2.62 bits per heavy atom. The van der Waals surface area contributed by atoms with Gasteiger partial charge in [-0.05, 0) is 75.3 Å². The van der Waals surface area contributed by atoms with Crippen LogP contribution in [0.25, 0.3) is 33.5 Å². The lowest BCUT2D eigenvalue weighted by Crippen LogP contribution is -2.07. The summed E-state index contributed by atoms with van der Waals surface area (Å²) in [5.41, 5.74) is 7.24. The standard InChI is InChI=1S/C31H38N4O2/c1-4-6-19-35-28(11-5-2)32-25-15-10-14-24(29(25)35)30-33-26-21-23(31(36)37-3)16-17-27(26)34(30)20-18-22-12-8-7-9-13-22/h10,12,14-17,21H,4-9,11,13,18-20H2,1-3H3. The van der Waals surface area contributed by atoms with Crippen LogP contribution in [0.15, 0.2) is 48.0 Å². The number of unbranched alkanes of at least 4 members (excludes halogenated alkanes) is 1. The number of fused-ring (bicyclic) bond motifs is 2. The molecule has 0 saturated carbocycles. The Morgan fingerprint density at radius 2 is 1.86 bits per heavy atom. The molecule has 2 heterocycles. The van der Waals surface area contributed by atoms with Crippen molar-refractivity contribution in [3.8, 4) is 11.4 Å². The number of methoxy groups -OCH3 is 1. The highest BCUT2D eigenvalue weighted by atomic mass is 16.5. The molecule has 5 rings (SSSR count). The molecule has 0 unspecified atom stereocenters. The molecule has 0 atom stereocenters. The summed E-state index contributed by atoms with van der Waals surface area (Å²) in [5, 5.41) is 0. The fraction of sp³-hybridized carbons (Fsp3) is 0.452. The van der Waals surface area contributed by atoms with E-state index >= 15 is 0 Å². The smallest absolute Gasteiger partial charge is 0.337 e. The fourth-order valence-electron chi connectivity index (χ4n) is 5.58. The van der Waals surface area contributed by atoms with E-state index in [4.69, 9.17) is 14.7 Å². The maximum Gasteiger partial charge on any atom is 0.337 e. The third kappa shape index (κ3) is 5.07. The van der Waals surface area contributed by atoms with E-state index in [1.54, 1.807) is 5.57 Å². The Hall–Kier alpha value is -3.41. The van der Waals surface area contributed by atoms with Crippen molar-refractivity contribution in [2.75, 3.05) is 7.11 Å². The number of aromatic nitrogens is 4. The minimum Gasteiger partial charge on any atom is -0.465 e. The number of carbonyl (C=O) groups is 1. The third-order valence-corrected chi connectivity index (χ3v) is 7.51. The van der Waals surface area contributed by atoms with Crippen LogP contribution in [0.2, 0.25) is 0 Å². The summed E-state index contributed by atoms with van der Waals surface area (Å²) in [6.07, 6.45) is 12.7. The highest BCUT2D eigenvalue weighted by Crippen LogP contribution is 2.33. The SMILES string of the molecule is CCCCn1c(CCC)nc2cccc(-c3nc4cc(C(=O)OC)ccc4n3CCC3=CCCCC3)c21. The van der Waals surface area contributed by atoms with Crippen LogP contribution in [0.3, 0.4) is 0 Å². The van der Waals surface area contributed by atoms with Crippen molar-refractivity contribution < 1.29 is 9.53 Å². The van der Waals surface area contributed by atoms with Crippen LogP contribution >= 0.6 is 0 Å². The molecule has 0 spiro atoms. The summed E-state index contributed by atoms with van der Waals surface area (Å²) < 4.78 is 9.74. The number of imidazole rings is 2. The predicted octanol–water partition coefficient (Wildman–Crippen LogP) is 7.48. The zero-order chi connectivity index (χ0) is 25.8. The Labute approximate surface area is 219 Å². The molecule has 2 aromatic carbocycles. The van der Waals surface area contributed by atoms with E-state index in [1.165, 1.54) is 38.3 Å². The van der Waals surface area contributed by atoms with Gasteiger partial charge >= 0.3 is 5.97 Å². The quantitative estimate of drug-likeness (QED) is 0.168. The van der Waals surface area contributed by atoms with E-state index < -0.39 is 0 Å². The van der Waals surface area contributed by atoms with Gasteiger partial charge in [0.05, 0.1) is 34.7 Å². The molecule has 0 aliphatic heterocycles. The highest BCUT2D eigenvalue weighted by Gasteiger charge is 2.21. The summed E-state index contributed by atoms with van der Waals surface area (Å²) in [4.78, 5) is 22.5. The van der Waals surface area contributed by atoms with Crippen LogP contribution in [0, 0.1) is 0 Å². The lowest BCUT2D eigenvalue weighted by Gasteiger charge is -2.16. The molecule has 0 N–H and O–H groups in total. The number of ether oxygens (including phenoxy) is 1. The van der Waals surface area contributed by atoms with E-state index in [-0.39, 0.29) is 5.97 Å². The zero-order valence-electron chi connectivity index (χ0n) is 22.4. The molecule has 0 amide bonds. The fourth-order valence-corrected chi connectivity index (χ4v) is 5.58. The number of allylic oxidation sites excluding steroid dienone is 2. The van der Waals surface area contributed by atoms with Crippen LogP contribution in [-0.2, 0) is 24.2 Å². The highest BCUT2D eigenvalue weighted by molar-refractivity contribution is 5.96. The van der Waals surface area contributed by atoms with Crippen molar-refractivity contribution in [3.63, 3.8) is 0 Å². The summed E-state index contributed by atoms with van der Waals surface area (Å²) in [5.74, 6) is 1.76. The van der Waals surface area contributed by atoms with Crippen molar-refractivity contribution in [1.29, 1.82) is 0 Å². The van der Waals surface area contributed by atoms with Gasteiger partial charge in [-0.25, -0.2) is 14.8 Å². The molecule has 2 aromatic heterocycles. The second kappa shape index (κ2) is 11.3. The van der Waals surface area contributed by atoms with Crippen LogP contribution in [0.4, 0.5) is 0 Å². The first kappa shape index (κ1) is 25.2. The maximum absolute atomic E-state index is 12.3. The molecule has 1 aliphatic carbocycles. The van der Waals surface area contributed by atoms with E-state index in [9.17, 15) is 4.79 Å². The van der Waals surface area contributed by atoms with E-state index in [0.29, 0.717) is 5.56 Å². The zero-order valence-corrected chi connectivity index (χ0v) is 22.4. The number of carbonyl (C=O) groups excluding carboxylic acids is 1. The van der Waals surface area contributed by atoms with Gasteiger partial charge in [0.1, 0.15) is 11.6 Å². The maximum atomic E-state index is 12.3. The Bertz CT molecular complexity index is 1440. The second-order valence-corrected chi connectivity index (χ2v) is 10.1. The number of benzene rings is 2. The Morgan fingerprint density at radius 1 is 0.973 bits per heavy atom. The van der Waals surface area contributed by atoms with Crippen LogP contribution in [-0.4, -0.2) is 32.2 Å². The summed E-state index contributed by atoms with van der Waals surface area (Å²) in [6.45, 7) is 6.26. The average molecular weight is 499 g/mol. The molecular formula is C31H38N4O2. The van der Waals surface area contributed by atoms with Gasteiger partial charge in [-0.15, -0.1) is 0 Å². The lowest BCUT2D eigenvalue weighted by molar-refractivity contribution is 0.0601. The summed E-state index contributed by atoms with van der Waals surface area (Å²) in [6, 6.07) is 12.1. The van der Waals surface area contributed by atoms with Crippen LogP contribution in [0.5, 0.6) is 0 Å². The van der Waals surface area contributed by atoms with Crippen molar-refractivity contribution >= 4 is 28.0 Å². The largest absolute Gasteiger partial charge is 0.465 e. The molecule has 6 nitrogen and oxygen atoms in total. The van der Waals surface area contributed by atoms with Gasteiger partial charge in [0.15, 0.2) is 0 Å². The van der Waals surface area contributed by atoms with Gasteiger partial charge < -0.3 is 13.9 Å². The minimum atomic E-state index is -0.339. The van der Waals surface area contributed by atoms with Gasteiger partial charge in [0, 0.05) is 25.1 Å². The van der Waals surface area contributed by atoms with Gasteiger partial charge in [0.2, 0.25) is 0 Å².